The molecule has 3 atom stereocenters. The highest BCUT2D eigenvalue weighted by Crippen LogP contribution is 2.34. The van der Waals surface area contributed by atoms with Crippen LogP contribution < -0.4 is 11.1 Å². The third-order valence-electron chi connectivity index (χ3n) is 6.28. The first-order valence-electron chi connectivity index (χ1n) is 10.2. The van der Waals surface area contributed by atoms with Crippen LogP contribution in [0.3, 0.4) is 0 Å². The van der Waals surface area contributed by atoms with Gasteiger partial charge in [-0.1, -0.05) is 18.2 Å². The summed E-state index contributed by atoms with van der Waals surface area (Å²) in [5.41, 5.74) is 8.80. The number of hydrogen-bond acceptors (Lipinski definition) is 5. The average Bonchev–Trinajstić information content (AvgIpc) is 3.41. The molecule has 3 amide bonds. The van der Waals surface area contributed by atoms with Crippen LogP contribution in [-0.2, 0) is 34.0 Å². The Balaban J connectivity index is 1.38. The van der Waals surface area contributed by atoms with E-state index in [0.717, 1.165) is 21.6 Å². The van der Waals surface area contributed by atoms with E-state index in [4.69, 9.17) is 11.0 Å². The predicted molar refractivity (Wildman–Crippen MR) is 104 cm³/mol. The van der Waals surface area contributed by atoms with Gasteiger partial charge >= 0.3 is 0 Å². The number of benzene rings is 1. The number of nitriles is 1. The van der Waals surface area contributed by atoms with E-state index in [1.54, 1.807) is 11.0 Å². The van der Waals surface area contributed by atoms with Gasteiger partial charge < -0.3 is 20.9 Å². The van der Waals surface area contributed by atoms with Crippen molar-refractivity contribution in [1.29, 1.82) is 5.26 Å². The maximum Gasteiger partial charge on any atom is 0.268 e. The molecule has 1 aromatic rings. The topological polar surface area (TPSA) is 120 Å². The molecule has 0 radical (unpaired) electrons. The van der Waals surface area contributed by atoms with Gasteiger partial charge in [-0.25, -0.2) is 8.78 Å². The van der Waals surface area contributed by atoms with Crippen LogP contribution in [0.2, 0.25) is 0 Å². The molecule has 10 heteroatoms. The van der Waals surface area contributed by atoms with Crippen molar-refractivity contribution in [3.63, 3.8) is 0 Å². The van der Waals surface area contributed by atoms with Gasteiger partial charge in [0.05, 0.1) is 12.6 Å². The zero-order valence-corrected chi connectivity index (χ0v) is 16.8. The number of rotatable bonds is 4. The van der Waals surface area contributed by atoms with Gasteiger partial charge in [0.2, 0.25) is 17.7 Å². The normalized spacial score (nSPS) is 26.5. The van der Waals surface area contributed by atoms with Crippen LogP contribution in [0, 0.1) is 17.2 Å². The monoisotopic (exact) mass is 431 g/mol. The second-order valence-corrected chi connectivity index (χ2v) is 8.38. The van der Waals surface area contributed by atoms with Gasteiger partial charge in [-0.3, -0.25) is 14.4 Å². The number of carbonyl (C=O) groups is 3. The molecule has 0 aliphatic carbocycles. The molecule has 3 N–H and O–H groups in total. The van der Waals surface area contributed by atoms with Crippen LogP contribution in [-0.4, -0.2) is 52.1 Å². The highest BCUT2D eigenvalue weighted by molar-refractivity contribution is 5.94. The Labute approximate surface area is 178 Å². The minimum absolute atomic E-state index is 0.0401. The molecule has 2 fully saturated rings. The standard InChI is InChI=1S/C21H23F2N5O3/c22-21(23)6-15(8-25)28(11-21)20(31)17-4-14(19(30)26-17)5-18(29)27-9-13-3-1-2-12(7-24)16(13)10-27/h1-3,14-15,17H,4-7,9-11,24H2,(H,26,30)/t14-,15-,17-/m0/s1. The summed E-state index contributed by atoms with van der Waals surface area (Å²) in [5.74, 6) is -5.21. The van der Waals surface area contributed by atoms with Gasteiger partial charge in [0.1, 0.15) is 12.1 Å². The number of nitrogens with two attached hydrogens (primary N) is 1. The van der Waals surface area contributed by atoms with E-state index in [-0.39, 0.29) is 18.7 Å². The van der Waals surface area contributed by atoms with E-state index in [1.165, 1.54) is 0 Å². The van der Waals surface area contributed by atoms with Crippen molar-refractivity contribution in [3.05, 3.63) is 34.9 Å². The summed E-state index contributed by atoms with van der Waals surface area (Å²) < 4.78 is 27.3. The Morgan fingerprint density at radius 3 is 2.81 bits per heavy atom. The molecule has 3 aliphatic heterocycles. The number of halogens is 2. The minimum atomic E-state index is -3.12. The summed E-state index contributed by atoms with van der Waals surface area (Å²) in [6.07, 6.45) is -0.740. The highest BCUT2D eigenvalue weighted by atomic mass is 19.3. The summed E-state index contributed by atoms with van der Waals surface area (Å²) in [6.45, 7) is 0.394. The fourth-order valence-corrected chi connectivity index (χ4v) is 4.64. The Morgan fingerprint density at radius 1 is 1.32 bits per heavy atom. The van der Waals surface area contributed by atoms with Gasteiger partial charge in [0, 0.05) is 38.4 Å². The summed E-state index contributed by atoms with van der Waals surface area (Å²) in [6, 6.07) is 5.26. The Bertz CT molecular complexity index is 976. The van der Waals surface area contributed by atoms with Crippen molar-refractivity contribution in [2.75, 3.05) is 6.54 Å². The molecule has 2 saturated heterocycles. The molecule has 1 aromatic carbocycles. The van der Waals surface area contributed by atoms with Crippen LogP contribution in [0.4, 0.5) is 8.78 Å². The summed E-state index contributed by atoms with van der Waals surface area (Å²) in [7, 11) is 0. The highest BCUT2D eigenvalue weighted by Gasteiger charge is 2.50. The van der Waals surface area contributed by atoms with E-state index >= 15 is 0 Å². The van der Waals surface area contributed by atoms with Crippen molar-refractivity contribution < 1.29 is 23.2 Å². The predicted octanol–water partition coefficient (Wildman–Crippen LogP) is 0.642. The van der Waals surface area contributed by atoms with Gasteiger partial charge in [0.15, 0.2) is 0 Å². The molecule has 3 heterocycles. The zero-order valence-electron chi connectivity index (χ0n) is 16.8. The number of fused-ring (bicyclic) bond motifs is 1. The Kier molecular flexibility index (Phi) is 5.39. The van der Waals surface area contributed by atoms with Crippen molar-refractivity contribution >= 4 is 17.7 Å². The maximum absolute atomic E-state index is 13.7. The summed E-state index contributed by atoms with van der Waals surface area (Å²) >= 11 is 0. The van der Waals surface area contributed by atoms with E-state index in [9.17, 15) is 23.2 Å². The summed E-state index contributed by atoms with van der Waals surface area (Å²) in [5, 5.41) is 11.6. The third-order valence-corrected chi connectivity index (χ3v) is 6.28. The number of likely N-dealkylation sites (tertiary alicyclic amines) is 1. The zero-order chi connectivity index (χ0) is 22.3. The number of nitrogens with one attached hydrogen (secondary N) is 1. The lowest BCUT2D eigenvalue weighted by Crippen LogP contribution is -2.46. The molecule has 164 valence electrons. The Morgan fingerprint density at radius 2 is 2.10 bits per heavy atom. The quantitative estimate of drug-likeness (QED) is 0.725. The van der Waals surface area contributed by atoms with Crippen molar-refractivity contribution in [2.24, 2.45) is 11.7 Å². The Hall–Kier alpha value is -3.06. The lowest BCUT2D eigenvalue weighted by molar-refractivity contribution is -0.135. The van der Waals surface area contributed by atoms with Crippen LogP contribution in [0.1, 0.15) is 36.0 Å². The number of hydrogen-bond donors (Lipinski definition) is 2. The number of carbonyl (C=O) groups excluding carboxylic acids is 3. The van der Waals surface area contributed by atoms with Gasteiger partial charge in [-0.15, -0.1) is 0 Å². The maximum atomic E-state index is 13.7. The smallest absolute Gasteiger partial charge is 0.268 e. The molecule has 0 aromatic heterocycles. The fourth-order valence-electron chi connectivity index (χ4n) is 4.64. The van der Waals surface area contributed by atoms with Crippen molar-refractivity contribution in [3.8, 4) is 6.07 Å². The van der Waals surface area contributed by atoms with Crippen molar-refractivity contribution in [1.82, 2.24) is 15.1 Å². The van der Waals surface area contributed by atoms with E-state index in [1.807, 2.05) is 18.2 Å². The molecule has 4 rings (SSSR count). The number of alkyl halides is 2. The molecular formula is C21H23F2N5O3. The third kappa shape index (κ3) is 3.97. The largest absolute Gasteiger partial charge is 0.344 e. The first-order valence-corrected chi connectivity index (χ1v) is 10.2. The van der Waals surface area contributed by atoms with Gasteiger partial charge in [0.25, 0.3) is 5.92 Å². The van der Waals surface area contributed by atoms with Crippen LogP contribution >= 0.6 is 0 Å². The minimum Gasteiger partial charge on any atom is -0.344 e. The molecular weight excluding hydrogens is 408 g/mol. The second-order valence-electron chi connectivity index (χ2n) is 8.38. The molecule has 0 bridgehead atoms. The molecule has 3 aliphatic rings. The van der Waals surface area contributed by atoms with E-state index < -0.39 is 48.7 Å². The van der Waals surface area contributed by atoms with Crippen LogP contribution in [0.25, 0.3) is 0 Å². The number of nitrogens with zero attached hydrogens (tertiary/aromatic N) is 3. The van der Waals surface area contributed by atoms with Crippen molar-refractivity contribution in [2.45, 2.75) is 56.9 Å². The van der Waals surface area contributed by atoms with Crippen LogP contribution in [0.5, 0.6) is 0 Å². The molecule has 0 saturated carbocycles. The van der Waals surface area contributed by atoms with Crippen LogP contribution in [0.15, 0.2) is 18.2 Å². The lowest BCUT2D eigenvalue weighted by Gasteiger charge is -2.22. The molecule has 0 unspecified atom stereocenters. The lowest BCUT2D eigenvalue weighted by atomic mass is 9.99. The first-order chi connectivity index (χ1) is 14.7. The molecule has 8 nitrogen and oxygen atoms in total. The molecule has 0 spiro atoms. The van der Waals surface area contributed by atoms with Gasteiger partial charge in [-0.05, 0) is 23.1 Å². The second kappa shape index (κ2) is 7.89. The van der Waals surface area contributed by atoms with Gasteiger partial charge in [-0.2, -0.15) is 5.26 Å². The van der Waals surface area contributed by atoms with E-state index in [0.29, 0.717) is 19.6 Å². The van der Waals surface area contributed by atoms with E-state index in [2.05, 4.69) is 5.32 Å². The molecule has 31 heavy (non-hydrogen) atoms. The fraction of sp³-hybridized carbons (Fsp3) is 0.524. The summed E-state index contributed by atoms with van der Waals surface area (Å²) in [4.78, 5) is 40.3. The SMILES string of the molecule is N#C[C@@H]1CC(F)(F)CN1C(=O)[C@@H]1C[C@@H](CC(=O)N2Cc3cccc(CN)c3C2)C(=O)N1. The average molecular weight is 431 g/mol. The number of amides is 3. The first kappa shape index (κ1) is 21.2.